The van der Waals surface area contributed by atoms with Crippen molar-refractivity contribution in [3.05, 3.63) is 148 Å². The number of piperidine rings is 1. The van der Waals surface area contributed by atoms with Crippen molar-refractivity contribution in [1.82, 2.24) is 25.8 Å². The molecule has 2 aliphatic heterocycles. The normalized spacial score (nSPS) is 20.7. The first-order valence-corrected chi connectivity index (χ1v) is 36.5. The van der Waals surface area contributed by atoms with Gasteiger partial charge < -0.3 is 73.3 Å². The number of aromatic nitrogens is 1. The molecule has 105 heavy (non-hydrogen) atoms. The standard InChI is InChI=1S/C78H99N7O19S/c1-14-37-98-75(93)47(6)38-53(39-51-25-17-16-18-26-51)80-71(90)60-44-105-73(82-60)64(96-12)41-61(45(3)4)84(10)74(92)66(46(5)15-2)83-72(91)62-31-23-24-36-85(62,11)42-52-32-33-63(103-77-70(102-50(9)88)68(101-49(8)87)67(100-48(7)86)69(104-77)76(94)97-13)59(40-52)81-65(89)34-35-79-78(95)99-43-58-56-29-21-19-27-54(56)55-28-20-22-30-57(55)58/h14,16-22,25-30,32-33,40,44-47,53,58,61-62,64,66-70,77H,1,15,23-24,31,34-39,41-43H2,2-13H3,(H3-,79,80,81,83,89,90,91,95)/p+1/t46-,47-,53+,61+,62+,64+,66-,67-,68-,69-,70+,77+,85?/m0/s1. The highest BCUT2D eigenvalue weighted by Gasteiger charge is 2.56. The van der Waals surface area contributed by atoms with Crippen molar-refractivity contribution in [3.63, 3.8) is 0 Å². The molecule has 5 aromatic rings. The van der Waals surface area contributed by atoms with Crippen molar-refractivity contribution in [1.29, 1.82) is 0 Å². The van der Waals surface area contributed by atoms with Crippen LogP contribution in [0, 0.1) is 17.8 Å². The Balaban J connectivity index is 1.00. The SMILES string of the molecule is C=CCOC(=O)[C@@H](C)C[C@H](Cc1ccccc1)NC(=O)c1csc([C@@H](C[C@H](C(C)C)N(C)C(=O)[C@@H](NC(=O)[C@H]2CCCC[N+]2(C)Cc2ccc(O[C@@H]3O[C@H](C(=O)OC)[C@@H](OC(C)=O)[C@H](OC(C)=O)[C@H]3OC(C)=O)c(NC(=O)CCNC(=O)OCC3c4ccccc4-c4ccccc43)c2)[C@@H](C)CC)OC)n1. The van der Waals surface area contributed by atoms with E-state index >= 15 is 9.59 Å². The summed E-state index contributed by atoms with van der Waals surface area (Å²) < 4.78 is 51.6. The Bertz CT molecular complexity index is 3840. The first-order valence-electron chi connectivity index (χ1n) is 35.6. The molecule has 4 N–H and O–H groups in total. The van der Waals surface area contributed by atoms with Crippen LogP contribution in [0.15, 0.2) is 115 Å². The Kier molecular flexibility index (Phi) is 29.3. The smallest absolute Gasteiger partial charge is 0.407 e. The fourth-order valence-electron chi connectivity index (χ4n) is 14.0. The molecule has 0 bridgehead atoms. The van der Waals surface area contributed by atoms with E-state index in [9.17, 15) is 38.4 Å². The van der Waals surface area contributed by atoms with E-state index in [1.807, 2.05) is 114 Å². The molecule has 3 aliphatic rings. The second kappa shape index (κ2) is 37.9. The van der Waals surface area contributed by atoms with E-state index < -0.39 is 115 Å². The number of carbonyl (C=O) groups excluding carboxylic acids is 10. The fraction of sp³-hybridized carbons (Fsp3) is 0.500. The molecule has 4 aromatic carbocycles. The number of carbonyl (C=O) groups is 10. The Morgan fingerprint density at radius 3 is 2.06 bits per heavy atom. The van der Waals surface area contributed by atoms with Crippen molar-refractivity contribution >= 4 is 76.6 Å². The van der Waals surface area contributed by atoms with E-state index in [0.717, 1.165) is 62.1 Å². The molecule has 5 amide bonds. The number of hydrogen-bond donors (Lipinski definition) is 4. The minimum Gasteiger partial charge on any atom is -0.467 e. The molecule has 2 fully saturated rings. The van der Waals surface area contributed by atoms with E-state index in [4.69, 9.17) is 47.6 Å². The number of thiazole rings is 1. The first-order chi connectivity index (χ1) is 50.2. The molecule has 0 spiro atoms. The van der Waals surface area contributed by atoms with Crippen LogP contribution in [0.2, 0.25) is 0 Å². The zero-order valence-electron chi connectivity index (χ0n) is 61.9. The topological polar surface area (TPSA) is 318 Å². The molecule has 2 saturated heterocycles. The van der Waals surface area contributed by atoms with Gasteiger partial charge in [-0.2, -0.15) is 0 Å². The van der Waals surface area contributed by atoms with Gasteiger partial charge in [-0.3, -0.25) is 38.4 Å². The molecule has 8 rings (SSSR count). The third-order valence-corrected chi connectivity index (χ3v) is 20.5. The molecule has 1 unspecified atom stereocenters. The van der Waals surface area contributed by atoms with Crippen LogP contribution in [0.4, 0.5) is 10.5 Å². The summed E-state index contributed by atoms with van der Waals surface area (Å²) in [5.41, 5.74) is 5.95. The summed E-state index contributed by atoms with van der Waals surface area (Å²) in [6, 6.07) is 27.8. The lowest BCUT2D eigenvalue weighted by molar-refractivity contribution is -0.942. The predicted octanol–water partition coefficient (Wildman–Crippen LogP) is 9.47. The van der Waals surface area contributed by atoms with Crippen LogP contribution < -0.4 is 26.0 Å². The highest BCUT2D eigenvalue weighted by atomic mass is 32.1. The number of ether oxygens (including phenoxy) is 9. The monoisotopic (exact) mass is 1470 g/mol. The summed E-state index contributed by atoms with van der Waals surface area (Å²) in [7, 11) is 6.28. The zero-order valence-corrected chi connectivity index (χ0v) is 62.7. The number of esters is 5. The molecule has 0 saturated carbocycles. The summed E-state index contributed by atoms with van der Waals surface area (Å²) in [6.07, 6.45) is -5.30. The van der Waals surface area contributed by atoms with E-state index in [1.165, 1.54) is 23.5 Å². The molecule has 0 radical (unpaired) electrons. The van der Waals surface area contributed by atoms with Crippen LogP contribution in [-0.4, -0.2) is 183 Å². The number of fused-ring (bicyclic) bond motifs is 3. The van der Waals surface area contributed by atoms with Crippen LogP contribution >= 0.6 is 11.3 Å². The van der Waals surface area contributed by atoms with Crippen LogP contribution in [0.5, 0.6) is 5.75 Å². The number of likely N-dealkylation sites (N-methyl/N-ethyl adjacent to an activating group) is 2. The van der Waals surface area contributed by atoms with Crippen LogP contribution in [0.3, 0.4) is 0 Å². The lowest BCUT2D eigenvalue weighted by Crippen LogP contribution is -2.64. The van der Waals surface area contributed by atoms with Crippen LogP contribution in [0.1, 0.15) is 150 Å². The third kappa shape index (κ3) is 21.3. The average Bonchev–Trinajstić information content (AvgIpc) is 1.76. The molecule has 1 aliphatic carbocycles. The minimum absolute atomic E-state index is 0.0330. The first kappa shape index (κ1) is 81.1. The van der Waals surface area contributed by atoms with Gasteiger partial charge in [0, 0.05) is 89.7 Å². The number of nitrogens with one attached hydrogen (secondary N) is 4. The van der Waals surface area contributed by atoms with Crippen molar-refractivity contribution in [2.45, 2.75) is 180 Å². The van der Waals surface area contributed by atoms with Crippen LogP contribution in [0.25, 0.3) is 11.1 Å². The number of rotatable bonds is 34. The van der Waals surface area contributed by atoms with Gasteiger partial charge in [0.15, 0.2) is 24.4 Å². The Morgan fingerprint density at radius 2 is 1.43 bits per heavy atom. The number of methoxy groups -OCH3 is 2. The highest BCUT2D eigenvalue weighted by molar-refractivity contribution is 7.09. The number of benzene rings is 4. The second-order valence-corrected chi connectivity index (χ2v) is 28.5. The molecule has 3 heterocycles. The van der Waals surface area contributed by atoms with Gasteiger partial charge in [-0.05, 0) is 83.5 Å². The van der Waals surface area contributed by atoms with Gasteiger partial charge >= 0.3 is 35.9 Å². The molecule has 566 valence electrons. The molecular weight excluding hydrogens is 1370 g/mol. The summed E-state index contributed by atoms with van der Waals surface area (Å²) in [6.45, 7) is 17.1. The van der Waals surface area contributed by atoms with E-state index in [0.29, 0.717) is 55.6 Å². The summed E-state index contributed by atoms with van der Waals surface area (Å²) in [5.74, 6) is -7.08. The molecular formula is C78H100N7O19S+. The van der Waals surface area contributed by atoms with Gasteiger partial charge in [0.1, 0.15) is 48.4 Å². The maximum atomic E-state index is 15.2. The Labute approximate surface area is 617 Å². The maximum absolute atomic E-state index is 15.2. The number of likely N-dealkylation sites (tertiary alicyclic amines) is 1. The zero-order chi connectivity index (χ0) is 76.2. The number of hydrogen-bond acceptors (Lipinski definition) is 21. The average molecular weight is 1470 g/mol. The largest absolute Gasteiger partial charge is 0.467 e. The van der Waals surface area contributed by atoms with E-state index in [1.54, 1.807) is 43.5 Å². The van der Waals surface area contributed by atoms with E-state index in [-0.39, 0.29) is 83.9 Å². The molecule has 13 atom stereocenters. The number of alkyl carbamates (subject to hydrolysis) is 1. The van der Waals surface area contributed by atoms with Gasteiger partial charge in [-0.25, -0.2) is 14.6 Å². The number of anilines is 1. The predicted molar refractivity (Wildman–Crippen MR) is 389 cm³/mol. The number of amides is 5. The fourth-order valence-corrected chi connectivity index (χ4v) is 14.9. The Hall–Kier alpha value is -9.57. The quantitative estimate of drug-likeness (QED) is 0.0129. The lowest BCUT2D eigenvalue weighted by Gasteiger charge is -2.45. The van der Waals surface area contributed by atoms with Crippen molar-refractivity contribution in [2.24, 2.45) is 17.8 Å². The molecule has 27 heteroatoms. The van der Waals surface area contributed by atoms with Crippen molar-refractivity contribution in [3.8, 4) is 16.9 Å². The van der Waals surface area contributed by atoms with E-state index in [2.05, 4.69) is 27.8 Å². The highest BCUT2D eigenvalue weighted by Crippen LogP contribution is 2.45. The Morgan fingerprint density at radius 1 is 0.781 bits per heavy atom. The number of nitrogens with zero attached hydrogens (tertiary/aromatic N) is 3. The van der Waals surface area contributed by atoms with Gasteiger partial charge in [0.25, 0.3) is 11.8 Å². The molecule has 26 nitrogen and oxygen atoms in total. The minimum atomic E-state index is -1.80. The summed E-state index contributed by atoms with van der Waals surface area (Å²) in [5, 5.41) is 14.1. The van der Waals surface area contributed by atoms with Crippen LogP contribution in [-0.2, 0) is 89.2 Å². The lowest BCUT2D eigenvalue weighted by atomic mass is 9.92. The maximum Gasteiger partial charge on any atom is 0.407 e. The van der Waals surface area contributed by atoms with Crippen molar-refractivity contribution in [2.75, 3.05) is 59.9 Å². The second-order valence-electron chi connectivity index (χ2n) is 27.6. The van der Waals surface area contributed by atoms with Gasteiger partial charge in [0.2, 0.25) is 24.2 Å². The molecule has 1 aromatic heterocycles. The summed E-state index contributed by atoms with van der Waals surface area (Å²) >= 11 is 1.26. The summed E-state index contributed by atoms with van der Waals surface area (Å²) in [4.78, 5) is 143. The van der Waals surface area contributed by atoms with Gasteiger partial charge in [-0.15, -0.1) is 11.3 Å². The van der Waals surface area contributed by atoms with Gasteiger partial charge in [-0.1, -0.05) is 133 Å². The van der Waals surface area contributed by atoms with Crippen molar-refractivity contribution < 1.29 is 95.1 Å². The van der Waals surface area contributed by atoms with Gasteiger partial charge in [0.05, 0.1) is 32.3 Å². The number of quaternary nitrogens is 1. The third-order valence-electron chi connectivity index (χ3n) is 19.6.